The highest BCUT2D eigenvalue weighted by molar-refractivity contribution is 6.34. The molecule has 2 aromatic heterocycles. The Morgan fingerprint density at radius 3 is 2.82 bits per heavy atom. The third-order valence-electron chi connectivity index (χ3n) is 11.8. The molecular formula is C37H46ClN9O2. The number of carbonyl (C=O) groups is 1. The van der Waals surface area contributed by atoms with Gasteiger partial charge in [-0.2, -0.15) is 20.3 Å². The zero-order valence-corrected chi connectivity index (χ0v) is 29.7. The fraction of sp³-hybridized carbons (Fsp3) is 0.595. The molecule has 1 aromatic carbocycles. The first kappa shape index (κ1) is 32.5. The van der Waals surface area contributed by atoms with E-state index in [4.69, 9.17) is 26.3 Å². The van der Waals surface area contributed by atoms with Gasteiger partial charge in [0.1, 0.15) is 12.4 Å². The van der Waals surface area contributed by atoms with Gasteiger partial charge in [0.15, 0.2) is 5.69 Å². The number of ether oxygens (including phenoxy) is 1. The number of aromatic nitrogens is 4. The smallest absolute Gasteiger partial charge is 0.318 e. The van der Waals surface area contributed by atoms with E-state index in [0.29, 0.717) is 56.2 Å². The normalized spacial score (nSPS) is 26.4. The van der Waals surface area contributed by atoms with Crippen molar-refractivity contribution in [2.75, 3.05) is 51.8 Å². The van der Waals surface area contributed by atoms with Gasteiger partial charge in [-0.3, -0.25) is 19.3 Å². The van der Waals surface area contributed by atoms with Gasteiger partial charge in [0.05, 0.1) is 46.6 Å². The molecule has 5 aliphatic rings. The van der Waals surface area contributed by atoms with E-state index in [9.17, 15) is 10.1 Å². The first-order chi connectivity index (χ1) is 23.7. The van der Waals surface area contributed by atoms with Crippen molar-refractivity contribution in [2.45, 2.75) is 89.0 Å². The largest absolute Gasteiger partial charge is 0.461 e. The summed E-state index contributed by atoms with van der Waals surface area (Å²) in [7, 11) is 3.43. The van der Waals surface area contributed by atoms with Gasteiger partial charge >= 0.3 is 6.01 Å². The second-order valence-electron chi connectivity index (χ2n) is 15.2. The van der Waals surface area contributed by atoms with Crippen molar-refractivity contribution in [1.29, 1.82) is 5.26 Å². The minimum atomic E-state index is -0.315. The summed E-state index contributed by atoms with van der Waals surface area (Å²) in [6.45, 7) is 7.90. The van der Waals surface area contributed by atoms with Gasteiger partial charge in [0.2, 0.25) is 0 Å². The molecule has 3 aromatic rings. The van der Waals surface area contributed by atoms with Crippen LogP contribution in [0.5, 0.6) is 6.01 Å². The third-order valence-corrected chi connectivity index (χ3v) is 12.2. The van der Waals surface area contributed by atoms with E-state index in [2.05, 4.69) is 57.1 Å². The van der Waals surface area contributed by atoms with Crippen LogP contribution in [0.4, 0.5) is 5.82 Å². The molecule has 1 amide bonds. The summed E-state index contributed by atoms with van der Waals surface area (Å²) in [5.41, 5.74) is 5.53. The Bertz CT molecular complexity index is 1820. The van der Waals surface area contributed by atoms with Crippen molar-refractivity contribution in [3.63, 3.8) is 0 Å². The van der Waals surface area contributed by atoms with E-state index in [1.165, 1.54) is 22.4 Å². The van der Waals surface area contributed by atoms with Gasteiger partial charge in [-0.25, -0.2) is 0 Å². The summed E-state index contributed by atoms with van der Waals surface area (Å²) < 4.78 is 8.58. The van der Waals surface area contributed by atoms with Crippen molar-refractivity contribution in [3.05, 3.63) is 63.1 Å². The molecule has 2 fully saturated rings. The van der Waals surface area contributed by atoms with Crippen LogP contribution in [-0.2, 0) is 38.0 Å². The van der Waals surface area contributed by atoms with Gasteiger partial charge in [0, 0.05) is 52.3 Å². The van der Waals surface area contributed by atoms with E-state index in [1.807, 2.05) is 4.68 Å². The molecule has 0 saturated carbocycles. The average molecular weight is 684 g/mol. The van der Waals surface area contributed by atoms with E-state index in [0.717, 1.165) is 80.9 Å². The molecule has 11 nitrogen and oxygen atoms in total. The minimum absolute atomic E-state index is 0.0456. The predicted molar refractivity (Wildman–Crippen MR) is 187 cm³/mol. The number of nitrogens with zero attached hydrogens (tertiary/aromatic N) is 9. The molecule has 8 rings (SSSR count). The molecule has 12 heteroatoms. The Morgan fingerprint density at radius 1 is 1.12 bits per heavy atom. The molecule has 49 heavy (non-hydrogen) atoms. The highest BCUT2D eigenvalue weighted by Gasteiger charge is 2.49. The van der Waals surface area contributed by atoms with Gasteiger partial charge in [-0.05, 0) is 68.5 Å². The van der Waals surface area contributed by atoms with Crippen molar-refractivity contribution in [3.8, 4) is 12.1 Å². The molecule has 3 atom stereocenters. The Balaban J connectivity index is 1.21. The monoisotopic (exact) mass is 683 g/mol. The molecule has 0 bridgehead atoms. The number of benzene rings is 1. The van der Waals surface area contributed by atoms with Crippen LogP contribution in [0.3, 0.4) is 0 Å². The first-order valence-corrected chi connectivity index (χ1v) is 18.3. The van der Waals surface area contributed by atoms with Crippen molar-refractivity contribution in [2.24, 2.45) is 5.92 Å². The number of fused-ring (bicyclic) bond motifs is 5. The van der Waals surface area contributed by atoms with Crippen LogP contribution in [0.15, 0.2) is 24.3 Å². The molecule has 2 saturated heterocycles. The Morgan fingerprint density at radius 2 is 1.98 bits per heavy atom. The highest BCUT2D eigenvalue weighted by atomic mass is 35.5. The van der Waals surface area contributed by atoms with Gasteiger partial charge in [-0.15, -0.1) is 0 Å². The van der Waals surface area contributed by atoms with E-state index < -0.39 is 0 Å². The SMILES string of the molecule is C[C@H]1CN2CCC[C@@]2(COc2nc3c(c(N4CCCn5nc(C(=O)N(C)C)c(Cl)c5C4)n2)CN(CC#N)[C@@]2(CCCc4ccccc42)C3)C1. The van der Waals surface area contributed by atoms with Crippen molar-refractivity contribution < 1.29 is 9.53 Å². The molecule has 0 radical (unpaired) electrons. The number of amides is 1. The molecule has 0 unspecified atom stereocenters. The zero-order chi connectivity index (χ0) is 33.9. The van der Waals surface area contributed by atoms with Crippen molar-refractivity contribution >= 4 is 23.3 Å². The maximum absolute atomic E-state index is 12.9. The fourth-order valence-electron chi connectivity index (χ4n) is 9.60. The Hall–Kier alpha value is -3.72. The lowest BCUT2D eigenvalue weighted by Crippen LogP contribution is -2.53. The first-order valence-electron chi connectivity index (χ1n) is 17.9. The Kier molecular flexibility index (Phi) is 8.32. The summed E-state index contributed by atoms with van der Waals surface area (Å²) in [5, 5.41) is 15.2. The zero-order valence-electron chi connectivity index (χ0n) is 28.9. The van der Waals surface area contributed by atoms with E-state index in [1.54, 1.807) is 14.1 Å². The number of rotatable bonds is 6. The summed E-state index contributed by atoms with van der Waals surface area (Å²) in [5.74, 6) is 1.27. The fourth-order valence-corrected chi connectivity index (χ4v) is 9.87. The van der Waals surface area contributed by atoms with Crippen LogP contribution in [0.2, 0.25) is 5.02 Å². The molecule has 4 aliphatic heterocycles. The van der Waals surface area contributed by atoms with Crippen LogP contribution in [0.25, 0.3) is 0 Å². The minimum Gasteiger partial charge on any atom is -0.461 e. The van der Waals surface area contributed by atoms with E-state index >= 15 is 0 Å². The second kappa shape index (κ2) is 12.6. The van der Waals surface area contributed by atoms with Gasteiger partial charge < -0.3 is 14.5 Å². The van der Waals surface area contributed by atoms with Crippen LogP contribution >= 0.6 is 11.6 Å². The Labute approximate surface area is 293 Å². The number of hydrogen-bond donors (Lipinski definition) is 0. The van der Waals surface area contributed by atoms with Crippen LogP contribution in [0, 0.1) is 17.2 Å². The lowest BCUT2D eigenvalue weighted by molar-refractivity contribution is 0.0573. The van der Waals surface area contributed by atoms with Crippen LogP contribution < -0.4 is 9.64 Å². The predicted octanol–water partition coefficient (Wildman–Crippen LogP) is 4.81. The maximum Gasteiger partial charge on any atom is 0.318 e. The number of aryl methyl sites for hydroxylation is 2. The molecule has 258 valence electrons. The molecule has 1 aliphatic carbocycles. The second-order valence-corrected chi connectivity index (χ2v) is 15.5. The topological polar surface area (TPSA) is 107 Å². The summed E-state index contributed by atoms with van der Waals surface area (Å²) in [6.07, 6.45) is 8.05. The average Bonchev–Trinajstić information content (AvgIpc) is 3.66. The third kappa shape index (κ3) is 5.47. The quantitative estimate of drug-likeness (QED) is 0.339. The highest BCUT2D eigenvalue weighted by Crippen LogP contribution is 2.48. The maximum atomic E-state index is 12.9. The standard InChI is InChI=1S/C37H46ClN9O2/c1-25-19-36(12-7-16-45(36)21-25)24-49-35-40-29-20-37(13-6-10-26-9-4-5-11-28(26)37)46(18-14-39)22-27(29)33(41-35)44-15-8-17-47-30(23-44)31(38)32(42-47)34(48)43(2)3/h4-5,9,11,25H,6-8,10,12-13,15-24H2,1-3H3/t25-,36+,37+/m1/s1. The molecule has 1 spiro atoms. The molecule has 6 heterocycles. The lowest BCUT2D eigenvalue weighted by Gasteiger charge is -2.50. The lowest BCUT2D eigenvalue weighted by atomic mass is 9.70. The number of carbonyl (C=O) groups excluding carboxylic acids is 1. The number of hydrogen-bond acceptors (Lipinski definition) is 9. The number of halogens is 1. The van der Waals surface area contributed by atoms with Crippen molar-refractivity contribution in [1.82, 2.24) is 34.4 Å². The number of nitriles is 1. The van der Waals surface area contributed by atoms with Crippen LogP contribution in [0.1, 0.15) is 84.0 Å². The molecular weight excluding hydrogens is 638 g/mol. The van der Waals surface area contributed by atoms with Crippen LogP contribution in [-0.4, -0.2) is 92.8 Å². The van der Waals surface area contributed by atoms with E-state index in [-0.39, 0.29) is 22.7 Å². The van der Waals surface area contributed by atoms with Gasteiger partial charge in [-0.1, -0.05) is 42.8 Å². The summed E-state index contributed by atoms with van der Waals surface area (Å²) >= 11 is 6.91. The molecule has 0 N–H and O–H groups in total. The summed E-state index contributed by atoms with van der Waals surface area (Å²) in [6, 6.07) is 11.7. The summed E-state index contributed by atoms with van der Waals surface area (Å²) in [4.78, 5) is 32.1. The van der Waals surface area contributed by atoms with Gasteiger partial charge in [0.25, 0.3) is 5.91 Å². The number of anilines is 1.